The zero-order valence-corrected chi connectivity index (χ0v) is 14.2. The molecular weight excluding hydrogens is 308 g/mol. The maximum absolute atomic E-state index is 12.9. The smallest absolute Gasteiger partial charge is 0.291 e. The number of para-hydroxylation sites is 2. The van der Waals surface area contributed by atoms with Crippen LogP contribution in [0.15, 0.2) is 24.3 Å². The monoisotopic (exact) mass is 330 g/mol. The van der Waals surface area contributed by atoms with Crippen LogP contribution in [0.2, 0.25) is 0 Å². The quantitative estimate of drug-likeness (QED) is 0.856. The largest absolute Gasteiger partial charge is 0.494 e. The molecular formula is C17H22N4O3. The fraction of sp³-hybridized carbons (Fsp3) is 0.471. The Kier molecular flexibility index (Phi) is 4.80. The lowest BCUT2D eigenvalue weighted by Gasteiger charge is -2.26. The summed E-state index contributed by atoms with van der Waals surface area (Å²) in [5, 5.41) is 4.55. The van der Waals surface area contributed by atoms with Crippen molar-refractivity contribution in [3.63, 3.8) is 0 Å². The van der Waals surface area contributed by atoms with Crippen LogP contribution in [-0.2, 0) is 4.74 Å². The third kappa shape index (κ3) is 3.12. The van der Waals surface area contributed by atoms with Crippen molar-refractivity contribution >= 4 is 5.91 Å². The summed E-state index contributed by atoms with van der Waals surface area (Å²) in [6, 6.07) is 7.48. The molecule has 1 aromatic carbocycles. The van der Waals surface area contributed by atoms with Gasteiger partial charge in [0.1, 0.15) is 11.4 Å². The van der Waals surface area contributed by atoms with Crippen LogP contribution < -0.4 is 4.74 Å². The molecule has 0 radical (unpaired) electrons. The van der Waals surface area contributed by atoms with Gasteiger partial charge in [-0.1, -0.05) is 26.0 Å². The molecule has 0 unspecified atom stereocenters. The Morgan fingerprint density at radius 1 is 1.25 bits per heavy atom. The van der Waals surface area contributed by atoms with E-state index in [1.807, 2.05) is 38.1 Å². The van der Waals surface area contributed by atoms with E-state index in [2.05, 4.69) is 10.1 Å². The van der Waals surface area contributed by atoms with Crippen LogP contribution in [0, 0.1) is 0 Å². The Morgan fingerprint density at radius 2 is 1.96 bits per heavy atom. The van der Waals surface area contributed by atoms with Crippen molar-refractivity contribution in [2.45, 2.75) is 19.8 Å². The minimum atomic E-state index is -0.136. The van der Waals surface area contributed by atoms with E-state index in [1.165, 1.54) is 0 Å². The van der Waals surface area contributed by atoms with E-state index in [1.54, 1.807) is 16.7 Å². The van der Waals surface area contributed by atoms with Gasteiger partial charge in [0.05, 0.1) is 20.3 Å². The van der Waals surface area contributed by atoms with Crippen LogP contribution in [0.4, 0.5) is 0 Å². The Balaban J connectivity index is 2.06. The number of carbonyl (C=O) groups is 1. The first kappa shape index (κ1) is 16.4. The summed E-state index contributed by atoms with van der Waals surface area (Å²) < 4.78 is 12.3. The molecule has 1 aromatic heterocycles. The second-order valence-electron chi connectivity index (χ2n) is 5.94. The zero-order chi connectivity index (χ0) is 17.1. The summed E-state index contributed by atoms with van der Waals surface area (Å²) in [5.41, 5.74) is 0.705. The van der Waals surface area contributed by atoms with Crippen LogP contribution in [0.1, 0.15) is 36.2 Å². The molecule has 24 heavy (non-hydrogen) atoms. The van der Waals surface area contributed by atoms with Crippen LogP contribution in [0.5, 0.6) is 5.75 Å². The first-order valence-corrected chi connectivity index (χ1v) is 8.09. The molecule has 2 aromatic rings. The maximum atomic E-state index is 12.9. The highest BCUT2D eigenvalue weighted by Gasteiger charge is 2.27. The SMILES string of the molecule is COc1ccccc1-n1nc(C(C)C)nc1C(=O)N1CCOCC1. The van der Waals surface area contributed by atoms with E-state index >= 15 is 0 Å². The number of benzene rings is 1. The molecule has 0 saturated carbocycles. The summed E-state index contributed by atoms with van der Waals surface area (Å²) in [6.07, 6.45) is 0. The molecule has 0 N–H and O–H groups in total. The average molecular weight is 330 g/mol. The Labute approximate surface area is 141 Å². The van der Waals surface area contributed by atoms with Crippen molar-refractivity contribution in [2.24, 2.45) is 0 Å². The summed E-state index contributed by atoms with van der Waals surface area (Å²) in [7, 11) is 1.60. The predicted molar refractivity (Wildman–Crippen MR) is 88.7 cm³/mol. The number of morpholine rings is 1. The average Bonchev–Trinajstić information content (AvgIpc) is 3.07. The van der Waals surface area contributed by atoms with Crippen molar-refractivity contribution in [2.75, 3.05) is 33.4 Å². The molecule has 1 saturated heterocycles. The number of methoxy groups -OCH3 is 1. The van der Waals surface area contributed by atoms with Gasteiger partial charge in [-0.25, -0.2) is 9.67 Å². The number of carbonyl (C=O) groups excluding carboxylic acids is 1. The first-order valence-electron chi connectivity index (χ1n) is 8.09. The van der Waals surface area contributed by atoms with Gasteiger partial charge >= 0.3 is 0 Å². The van der Waals surface area contributed by atoms with E-state index in [9.17, 15) is 4.79 Å². The van der Waals surface area contributed by atoms with Gasteiger partial charge in [0, 0.05) is 19.0 Å². The number of nitrogens with zero attached hydrogens (tertiary/aromatic N) is 4. The van der Waals surface area contributed by atoms with Gasteiger partial charge in [-0.15, -0.1) is 0 Å². The Hall–Kier alpha value is -2.41. The van der Waals surface area contributed by atoms with Crippen LogP contribution in [0.3, 0.4) is 0 Å². The maximum Gasteiger partial charge on any atom is 0.291 e. The Morgan fingerprint density at radius 3 is 2.62 bits per heavy atom. The lowest BCUT2D eigenvalue weighted by Crippen LogP contribution is -2.41. The van der Waals surface area contributed by atoms with Gasteiger partial charge in [0.25, 0.3) is 5.91 Å². The third-order valence-corrected chi connectivity index (χ3v) is 3.94. The number of amides is 1. The lowest BCUT2D eigenvalue weighted by atomic mass is 10.2. The van der Waals surface area contributed by atoms with Gasteiger partial charge in [-0.05, 0) is 12.1 Å². The highest BCUT2D eigenvalue weighted by molar-refractivity contribution is 5.91. The minimum absolute atomic E-state index is 0.122. The van der Waals surface area contributed by atoms with E-state index < -0.39 is 0 Å². The fourth-order valence-corrected chi connectivity index (χ4v) is 2.59. The second-order valence-corrected chi connectivity index (χ2v) is 5.94. The minimum Gasteiger partial charge on any atom is -0.494 e. The normalized spacial score (nSPS) is 14.9. The van der Waals surface area contributed by atoms with E-state index in [4.69, 9.17) is 9.47 Å². The number of aromatic nitrogens is 3. The van der Waals surface area contributed by atoms with E-state index in [-0.39, 0.29) is 11.8 Å². The second kappa shape index (κ2) is 7.00. The molecule has 0 aliphatic carbocycles. The van der Waals surface area contributed by atoms with Gasteiger partial charge in [0.2, 0.25) is 5.82 Å². The molecule has 0 atom stereocenters. The summed E-state index contributed by atoms with van der Waals surface area (Å²) in [6.45, 7) is 6.23. The van der Waals surface area contributed by atoms with Gasteiger partial charge in [0.15, 0.2) is 5.82 Å². The fourth-order valence-electron chi connectivity index (χ4n) is 2.59. The summed E-state index contributed by atoms with van der Waals surface area (Å²) in [4.78, 5) is 19.2. The van der Waals surface area contributed by atoms with Crippen LogP contribution >= 0.6 is 0 Å². The topological polar surface area (TPSA) is 69.5 Å². The Bertz CT molecular complexity index is 720. The van der Waals surface area contributed by atoms with Crippen molar-refractivity contribution in [3.05, 3.63) is 35.9 Å². The standard InChI is InChI=1S/C17H22N4O3/c1-12(2)15-18-16(17(22)20-8-10-24-11-9-20)21(19-15)13-6-4-5-7-14(13)23-3/h4-7,12H,8-11H2,1-3H3. The van der Waals surface area contributed by atoms with Gasteiger partial charge in [-0.3, -0.25) is 4.79 Å². The summed E-state index contributed by atoms with van der Waals surface area (Å²) in [5.74, 6) is 1.58. The predicted octanol–water partition coefficient (Wildman–Crippen LogP) is 1.87. The van der Waals surface area contributed by atoms with Crippen LogP contribution in [0.25, 0.3) is 5.69 Å². The number of hydrogen-bond donors (Lipinski definition) is 0. The lowest BCUT2D eigenvalue weighted by molar-refractivity contribution is 0.0293. The molecule has 0 spiro atoms. The summed E-state index contributed by atoms with van der Waals surface area (Å²) >= 11 is 0. The molecule has 7 heteroatoms. The van der Waals surface area contributed by atoms with E-state index in [0.717, 1.165) is 0 Å². The number of ether oxygens (including phenoxy) is 2. The highest BCUT2D eigenvalue weighted by atomic mass is 16.5. The van der Waals surface area contributed by atoms with Crippen molar-refractivity contribution in [1.82, 2.24) is 19.7 Å². The highest BCUT2D eigenvalue weighted by Crippen LogP contribution is 2.24. The van der Waals surface area contributed by atoms with Gasteiger partial charge in [-0.2, -0.15) is 5.10 Å². The molecule has 128 valence electrons. The molecule has 3 rings (SSSR count). The third-order valence-electron chi connectivity index (χ3n) is 3.94. The van der Waals surface area contributed by atoms with Crippen LogP contribution in [-0.4, -0.2) is 59.0 Å². The molecule has 1 aliphatic heterocycles. The molecule has 1 amide bonds. The van der Waals surface area contributed by atoms with E-state index in [0.29, 0.717) is 49.4 Å². The molecule has 0 bridgehead atoms. The first-order chi connectivity index (χ1) is 11.6. The van der Waals surface area contributed by atoms with Crippen molar-refractivity contribution in [1.29, 1.82) is 0 Å². The molecule has 2 heterocycles. The van der Waals surface area contributed by atoms with Crippen molar-refractivity contribution < 1.29 is 14.3 Å². The number of rotatable bonds is 4. The van der Waals surface area contributed by atoms with Gasteiger partial charge < -0.3 is 14.4 Å². The zero-order valence-electron chi connectivity index (χ0n) is 14.2. The molecule has 1 fully saturated rings. The van der Waals surface area contributed by atoms with Crippen molar-refractivity contribution in [3.8, 4) is 11.4 Å². The number of hydrogen-bond acceptors (Lipinski definition) is 5. The molecule has 1 aliphatic rings. The molecule has 7 nitrogen and oxygen atoms in total.